The highest BCUT2D eigenvalue weighted by Crippen LogP contribution is 2.11. The topological polar surface area (TPSA) is 75.3 Å². The van der Waals surface area contributed by atoms with Crippen LogP contribution < -0.4 is 11.1 Å². The van der Waals surface area contributed by atoms with E-state index in [1.54, 1.807) is 0 Å². The Balaban J connectivity index is 2.68. The molecule has 0 aliphatic carbocycles. The highest BCUT2D eigenvalue weighted by Gasteiger charge is 2.00. The average molecular weight is 184 g/mol. The van der Waals surface area contributed by atoms with Crippen molar-refractivity contribution in [1.82, 2.24) is 5.32 Å². The van der Waals surface area contributed by atoms with Gasteiger partial charge in [-0.3, -0.25) is 0 Å². The second kappa shape index (κ2) is 3.75. The number of amides is 1. The molecule has 13 heavy (non-hydrogen) atoms. The zero-order chi connectivity index (χ0) is 9.84. The fourth-order valence-electron chi connectivity index (χ4n) is 0.881. The molecule has 1 amide bonds. The number of benzene rings is 1. The van der Waals surface area contributed by atoms with E-state index in [1.807, 2.05) is 0 Å². The Morgan fingerprint density at radius 1 is 1.62 bits per heavy atom. The van der Waals surface area contributed by atoms with E-state index >= 15 is 0 Å². The van der Waals surface area contributed by atoms with Gasteiger partial charge in [0.15, 0.2) is 0 Å². The number of rotatable bonds is 2. The number of nitrogens with two attached hydrogens (primary N) is 1. The molecular formula is C8H9FN2O2. The van der Waals surface area contributed by atoms with Crippen LogP contribution in [0.3, 0.4) is 0 Å². The van der Waals surface area contributed by atoms with Crippen molar-refractivity contribution in [3.8, 4) is 0 Å². The van der Waals surface area contributed by atoms with Crippen LogP contribution in [0.15, 0.2) is 18.2 Å². The van der Waals surface area contributed by atoms with Crippen LogP contribution in [0.1, 0.15) is 5.56 Å². The van der Waals surface area contributed by atoms with E-state index in [9.17, 15) is 9.18 Å². The number of carbonyl (C=O) groups is 1. The lowest BCUT2D eigenvalue weighted by Gasteiger charge is -2.02. The number of anilines is 1. The molecule has 1 aromatic rings. The Bertz CT molecular complexity index is 328. The molecule has 0 atom stereocenters. The number of nitrogens with one attached hydrogen (secondary N) is 1. The summed E-state index contributed by atoms with van der Waals surface area (Å²) in [6.45, 7) is 0.125. The van der Waals surface area contributed by atoms with E-state index in [4.69, 9.17) is 10.8 Å². The van der Waals surface area contributed by atoms with Crippen LogP contribution in [0.25, 0.3) is 0 Å². The Morgan fingerprint density at radius 2 is 2.31 bits per heavy atom. The van der Waals surface area contributed by atoms with Gasteiger partial charge in [-0.25, -0.2) is 9.18 Å². The minimum absolute atomic E-state index is 0.0182. The monoisotopic (exact) mass is 184 g/mol. The number of hydrogen-bond acceptors (Lipinski definition) is 2. The van der Waals surface area contributed by atoms with Crippen molar-refractivity contribution >= 4 is 11.8 Å². The van der Waals surface area contributed by atoms with Gasteiger partial charge in [-0.2, -0.15) is 0 Å². The van der Waals surface area contributed by atoms with Crippen molar-refractivity contribution in [3.05, 3.63) is 29.6 Å². The maximum atomic E-state index is 12.6. The first-order chi connectivity index (χ1) is 6.09. The Hall–Kier alpha value is -1.78. The molecule has 0 fully saturated rings. The first-order valence-electron chi connectivity index (χ1n) is 3.60. The molecule has 4 N–H and O–H groups in total. The molecule has 5 heteroatoms. The van der Waals surface area contributed by atoms with Crippen LogP contribution >= 0.6 is 0 Å². The van der Waals surface area contributed by atoms with E-state index in [1.165, 1.54) is 18.2 Å². The van der Waals surface area contributed by atoms with Crippen LogP contribution in [0.2, 0.25) is 0 Å². The third-order valence-corrected chi connectivity index (χ3v) is 1.50. The molecule has 0 saturated carbocycles. The first-order valence-corrected chi connectivity index (χ1v) is 3.60. The highest BCUT2D eigenvalue weighted by atomic mass is 19.1. The fourth-order valence-corrected chi connectivity index (χ4v) is 0.881. The molecule has 0 saturated heterocycles. The van der Waals surface area contributed by atoms with Gasteiger partial charge in [0, 0.05) is 6.54 Å². The molecule has 4 nitrogen and oxygen atoms in total. The normalized spacial score (nSPS) is 9.62. The molecule has 0 aliphatic rings. The third-order valence-electron chi connectivity index (χ3n) is 1.50. The average Bonchev–Trinajstić information content (AvgIpc) is 2.07. The molecule has 0 heterocycles. The lowest BCUT2D eigenvalue weighted by molar-refractivity contribution is 0.194. The number of nitrogen functional groups attached to an aromatic ring is 1. The van der Waals surface area contributed by atoms with Crippen molar-refractivity contribution in [2.45, 2.75) is 6.54 Å². The molecule has 0 radical (unpaired) electrons. The summed E-state index contributed by atoms with van der Waals surface area (Å²) < 4.78 is 12.6. The molecule has 0 aromatic heterocycles. The lowest BCUT2D eigenvalue weighted by atomic mass is 10.2. The van der Waals surface area contributed by atoms with E-state index in [0.29, 0.717) is 5.56 Å². The molecular weight excluding hydrogens is 175 g/mol. The third kappa shape index (κ3) is 2.62. The second-order valence-electron chi connectivity index (χ2n) is 2.51. The summed E-state index contributed by atoms with van der Waals surface area (Å²) in [5.41, 5.74) is 5.92. The molecule has 1 aromatic carbocycles. The smallest absolute Gasteiger partial charge is 0.404 e. The highest BCUT2D eigenvalue weighted by molar-refractivity contribution is 5.64. The van der Waals surface area contributed by atoms with Crippen LogP contribution in [0.4, 0.5) is 14.9 Å². The van der Waals surface area contributed by atoms with Gasteiger partial charge in [0.25, 0.3) is 0 Å². The summed E-state index contributed by atoms with van der Waals surface area (Å²) in [5, 5.41) is 10.4. The molecule has 0 spiro atoms. The molecule has 0 aliphatic heterocycles. The minimum Gasteiger partial charge on any atom is -0.465 e. The van der Waals surface area contributed by atoms with Crippen LogP contribution in [0.5, 0.6) is 0 Å². The largest absolute Gasteiger partial charge is 0.465 e. The Morgan fingerprint density at radius 3 is 2.85 bits per heavy atom. The molecule has 0 bridgehead atoms. The van der Waals surface area contributed by atoms with Gasteiger partial charge in [-0.1, -0.05) is 6.07 Å². The Labute approximate surface area is 74.2 Å². The molecule has 0 unspecified atom stereocenters. The van der Waals surface area contributed by atoms with Crippen molar-refractivity contribution in [1.29, 1.82) is 0 Å². The van der Waals surface area contributed by atoms with E-state index in [0.717, 1.165) is 0 Å². The van der Waals surface area contributed by atoms with Crippen LogP contribution in [0, 0.1) is 5.82 Å². The second-order valence-corrected chi connectivity index (χ2v) is 2.51. The number of halogens is 1. The van der Waals surface area contributed by atoms with Crippen LogP contribution in [-0.4, -0.2) is 11.2 Å². The maximum absolute atomic E-state index is 12.6. The number of hydrogen-bond donors (Lipinski definition) is 3. The SMILES string of the molecule is Nc1cc(CNC(=O)O)ccc1F. The van der Waals surface area contributed by atoms with E-state index in [2.05, 4.69) is 5.32 Å². The van der Waals surface area contributed by atoms with Crippen molar-refractivity contribution in [2.75, 3.05) is 5.73 Å². The fraction of sp³-hybridized carbons (Fsp3) is 0.125. The predicted octanol–water partition coefficient (Wildman–Crippen LogP) is 1.18. The zero-order valence-electron chi connectivity index (χ0n) is 6.75. The zero-order valence-corrected chi connectivity index (χ0v) is 6.75. The van der Waals surface area contributed by atoms with Gasteiger partial charge in [-0.05, 0) is 17.7 Å². The van der Waals surface area contributed by atoms with Crippen LogP contribution in [-0.2, 0) is 6.54 Å². The molecule has 1 rings (SSSR count). The van der Waals surface area contributed by atoms with Crippen molar-refractivity contribution < 1.29 is 14.3 Å². The summed E-state index contributed by atoms with van der Waals surface area (Å²) in [4.78, 5) is 10.1. The van der Waals surface area contributed by atoms with Gasteiger partial charge >= 0.3 is 6.09 Å². The van der Waals surface area contributed by atoms with Crippen molar-refractivity contribution in [3.63, 3.8) is 0 Å². The van der Waals surface area contributed by atoms with E-state index in [-0.39, 0.29) is 12.2 Å². The maximum Gasteiger partial charge on any atom is 0.404 e. The summed E-state index contributed by atoms with van der Waals surface area (Å²) in [5.74, 6) is -0.501. The molecule has 70 valence electrons. The minimum atomic E-state index is -1.12. The summed E-state index contributed by atoms with van der Waals surface area (Å²) in [6.07, 6.45) is -1.12. The van der Waals surface area contributed by atoms with Gasteiger partial charge in [-0.15, -0.1) is 0 Å². The Kier molecular flexibility index (Phi) is 2.69. The van der Waals surface area contributed by atoms with Gasteiger partial charge in [0.05, 0.1) is 5.69 Å². The van der Waals surface area contributed by atoms with Gasteiger partial charge < -0.3 is 16.2 Å². The van der Waals surface area contributed by atoms with E-state index < -0.39 is 11.9 Å². The summed E-state index contributed by atoms with van der Waals surface area (Å²) >= 11 is 0. The number of carboxylic acid groups (broad SMARTS) is 1. The van der Waals surface area contributed by atoms with Gasteiger partial charge in [0.2, 0.25) is 0 Å². The summed E-state index contributed by atoms with van der Waals surface area (Å²) in [6, 6.07) is 4.07. The lowest BCUT2D eigenvalue weighted by Crippen LogP contribution is -2.19. The first kappa shape index (κ1) is 9.31. The quantitative estimate of drug-likeness (QED) is 0.604. The predicted molar refractivity (Wildman–Crippen MR) is 45.7 cm³/mol. The summed E-state index contributed by atoms with van der Waals surface area (Å²) in [7, 11) is 0. The van der Waals surface area contributed by atoms with Gasteiger partial charge in [0.1, 0.15) is 5.82 Å². The standard InChI is InChI=1S/C8H9FN2O2/c9-6-2-1-5(3-7(6)10)4-11-8(12)13/h1-3,11H,4,10H2,(H,12,13). The van der Waals surface area contributed by atoms with Crippen molar-refractivity contribution in [2.24, 2.45) is 0 Å².